The Morgan fingerprint density at radius 3 is 2.50 bits per heavy atom. The number of piperidine rings is 1. The SMILES string of the molecule is FC(F)Oc1ccc(N2CCCC(NC3CC3)C2)cc1. The number of anilines is 1. The Morgan fingerprint density at radius 2 is 1.85 bits per heavy atom. The molecule has 1 aromatic carbocycles. The smallest absolute Gasteiger partial charge is 0.387 e. The quantitative estimate of drug-likeness (QED) is 0.898. The van der Waals surface area contributed by atoms with E-state index < -0.39 is 6.61 Å². The van der Waals surface area contributed by atoms with Crippen LogP contribution in [-0.2, 0) is 0 Å². The van der Waals surface area contributed by atoms with E-state index in [1.54, 1.807) is 12.1 Å². The van der Waals surface area contributed by atoms with Crippen LogP contribution >= 0.6 is 0 Å². The molecule has 1 aromatic rings. The minimum atomic E-state index is -2.76. The monoisotopic (exact) mass is 282 g/mol. The van der Waals surface area contributed by atoms with Crippen LogP contribution < -0.4 is 15.0 Å². The number of halogens is 2. The summed E-state index contributed by atoms with van der Waals surface area (Å²) < 4.78 is 28.6. The molecule has 1 saturated carbocycles. The first-order valence-corrected chi connectivity index (χ1v) is 7.26. The lowest BCUT2D eigenvalue weighted by Gasteiger charge is -2.35. The van der Waals surface area contributed by atoms with Crippen LogP contribution in [-0.4, -0.2) is 31.8 Å². The second kappa shape index (κ2) is 5.95. The number of rotatable bonds is 5. The summed E-state index contributed by atoms with van der Waals surface area (Å²) in [6, 6.07) is 8.21. The number of alkyl halides is 2. The maximum atomic E-state index is 12.1. The fourth-order valence-electron chi connectivity index (χ4n) is 2.77. The topological polar surface area (TPSA) is 24.5 Å². The van der Waals surface area contributed by atoms with Gasteiger partial charge in [0, 0.05) is 30.9 Å². The molecule has 1 atom stereocenters. The summed E-state index contributed by atoms with van der Waals surface area (Å²) in [5.74, 6) is 0.216. The average molecular weight is 282 g/mol. The molecule has 1 unspecified atom stereocenters. The van der Waals surface area contributed by atoms with Gasteiger partial charge in [-0.15, -0.1) is 0 Å². The zero-order valence-electron chi connectivity index (χ0n) is 11.4. The van der Waals surface area contributed by atoms with E-state index in [-0.39, 0.29) is 5.75 Å². The standard InChI is InChI=1S/C15H20F2N2O/c16-15(17)20-14-7-5-13(6-8-14)19-9-1-2-12(10-19)18-11-3-4-11/h5-8,11-12,15,18H,1-4,9-10H2. The van der Waals surface area contributed by atoms with Gasteiger partial charge in [0.15, 0.2) is 0 Å². The van der Waals surface area contributed by atoms with Gasteiger partial charge in [0.2, 0.25) is 0 Å². The maximum Gasteiger partial charge on any atom is 0.387 e. The average Bonchev–Trinajstić information content (AvgIpc) is 3.23. The molecule has 20 heavy (non-hydrogen) atoms. The Morgan fingerprint density at radius 1 is 1.10 bits per heavy atom. The zero-order valence-corrected chi connectivity index (χ0v) is 11.4. The molecule has 110 valence electrons. The van der Waals surface area contributed by atoms with E-state index in [9.17, 15) is 8.78 Å². The zero-order chi connectivity index (χ0) is 13.9. The molecule has 2 fully saturated rings. The Balaban J connectivity index is 1.59. The number of nitrogens with zero attached hydrogens (tertiary/aromatic N) is 1. The van der Waals surface area contributed by atoms with Crippen molar-refractivity contribution in [2.75, 3.05) is 18.0 Å². The minimum Gasteiger partial charge on any atom is -0.435 e. The molecule has 0 amide bonds. The Bertz CT molecular complexity index is 434. The van der Waals surface area contributed by atoms with Crippen molar-refractivity contribution < 1.29 is 13.5 Å². The first-order chi connectivity index (χ1) is 9.70. The van der Waals surface area contributed by atoms with Crippen molar-refractivity contribution in [2.24, 2.45) is 0 Å². The Hall–Kier alpha value is -1.36. The molecule has 1 aliphatic heterocycles. The van der Waals surface area contributed by atoms with E-state index in [2.05, 4.69) is 15.0 Å². The highest BCUT2D eigenvalue weighted by Gasteiger charge is 2.27. The van der Waals surface area contributed by atoms with Crippen LogP contribution in [0.3, 0.4) is 0 Å². The minimum absolute atomic E-state index is 0.216. The van der Waals surface area contributed by atoms with Gasteiger partial charge in [-0.3, -0.25) is 0 Å². The molecule has 1 heterocycles. The second-order valence-electron chi connectivity index (χ2n) is 5.60. The number of hydrogen-bond donors (Lipinski definition) is 1. The Labute approximate surface area is 117 Å². The second-order valence-corrected chi connectivity index (χ2v) is 5.60. The molecule has 0 spiro atoms. The lowest BCUT2D eigenvalue weighted by Crippen LogP contribution is -2.46. The van der Waals surface area contributed by atoms with E-state index in [1.165, 1.54) is 25.7 Å². The predicted octanol–water partition coefficient (Wildman–Crippen LogP) is 3.01. The first kappa shape index (κ1) is 13.6. The summed E-state index contributed by atoms with van der Waals surface area (Å²) in [6.07, 6.45) is 4.99. The van der Waals surface area contributed by atoms with Gasteiger partial charge in [-0.05, 0) is 49.9 Å². The van der Waals surface area contributed by atoms with Crippen LogP contribution in [0.25, 0.3) is 0 Å². The Kier molecular flexibility index (Phi) is 4.05. The largest absolute Gasteiger partial charge is 0.435 e. The number of benzene rings is 1. The number of nitrogens with one attached hydrogen (secondary N) is 1. The van der Waals surface area contributed by atoms with Crippen LogP contribution in [0.15, 0.2) is 24.3 Å². The van der Waals surface area contributed by atoms with Gasteiger partial charge in [-0.25, -0.2) is 0 Å². The van der Waals surface area contributed by atoms with E-state index >= 15 is 0 Å². The van der Waals surface area contributed by atoms with Crippen molar-refractivity contribution >= 4 is 5.69 Å². The summed E-state index contributed by atoms with van der Waals surface area (Å²) >= 11 is 0. The molecule has 0 aromatic heterocycles. The number of ether oxygens (including phenoxy) is 1. The molecule has 1 saturated heterocycles. The third-order valence-corrected chi connectivity index (χ3v) is 3.90. The van der Waals surface area contributed by atoms with Crippen LogP contribution in [0.2, 0.25) is 0 Å². The summed E-state index contributed by atoms with van der Waals surface area (Å²) in [6.45, 7) is -0.744. The van der Waals surface area contributed by atoms with Gasteiger partial charge in [0.05, 0.1) is 0 Å². The highest BCUT2D eigenvalue weighted by Crippen LogP contribution is 2.26. The van der Waals surface area contributed by atoms with E-state index in [1.807, 2.05) is 12.1 Å². The van der Waals surface area contributed by atoms with Gasteiger partial charge < -0.3 is 15.0 Å². The van der Waals surface area contributed by atoms with Crippen LogP contribution in [0, 0.1) is 0 Å². The lowest BCUT2D eigenvalue weighted by atomic mass is 10.0. The van der Waals surface area contributed by atoms with Crippen LogP contribution in [0.4, 0.5) is 14.5 Å². The summed E-state index contributed by atoms with van der Waals surface area (Å²) in [7, 11) is 0. The van der Waals surface area contributed by atoms with Crippen molar-refractivity contribution in [1.29, 1.82) is 0 Å². The molecule has 2 aliphatic rings. The van der Waals surface area contributed by atoms with Gasteiger partial charge in [0.25, 0.3) is 0 Å². The molecular formula is C15H20F2N2O. The fraction of sp³-hybridized carbons (Fsp3) is 0.600. The van der Waals surface area contributed by atoms with Crippen molar-refractivity contribution in [3.8, 4) is 5.75 Å². The van der Waals surface area contributed by atoms with Crippen molar-refractivity contribution in [3.63, 3.8) is 0 Å². The van der Waals surface area contributed by atoms with Gasteiger partial charge in [-0.2, -0.15) is 8.78 Å². The molecular weight excluding hydrogens is 262 g/mol. The summed E-state index contributed by atoms with van der Waals surface area (Å²) in [4.78, 5) is 2.32. The number of hydrogen-bond acceptors (Lipinski definition) is 3. The normalized spacial score (nSPS) is 23.1. The van der Waals surface area contributed by atoms with E-state index in [4.69, 9.17) is 0 Å². The lowest BCUT2D eigenvalue weighted by molar-refractivity contribution is -0.0498. The molecule has 3 nitrogen and oxygen atoms in total. The summed E-state index contributed by atoms with van der Waals surface area (Å²) in [5.41, 5.74) is 1.08. The highest BCUT2D eigenvalue weighted by atomic mass is 19.3. The van der Waals surface area contributed by atoms with Crippen molar-refractivity contribution in [3.05, 3.63) is 24.3 Å². The highest BCUT2D eigenvalue weighted by molar-refractivity contribution is 5.49. The summed E-state index contributed by atoms with van der Waals surface area (Å²) in [5, 5.41) is 3.66. The molecule has 0 bridgehead atoms. The van der Waals surface area contributed by atoms with Gasteiger partial charge in [0.1, 0.15) is 5.75 Å². The molecule has 0 radical (unpaired) electrons. The van der Waals surface area contributed by atoms with E-state index in [0.29, 0.717) is 6.04 Å². The molecule has 1 aliphatic carbocycles. The van der Waals surface area contributed by atoms with Crippen molar-refractivity contribution in [1.82, 2.24) is 5.32 Å². The predicted molar refractivity (Wildman–Crippen MR) is 74.5 cm³/mol. The van der Waals surface area contributed by atoms with Gasteiger partial charge in [-0.1, -0.05) is 0 Å². The van der Waals surface area contributed by atoms with Crippen molar-refractivity contribution in [2.45, 2.75) is 44.4 Å². The van der Waals surface area contributed by atoms with E-state index in [0.717, 1.165) is 24.8 Å². The third kappa shape index (κ3) is 3.60. The van der Waals surface area contributed by atoms with Crippen LogP contribution in [0.1, 0.15) is 25.7 Å². The third-order valence-electron chi connectivity index (χ3n) is 3.90. The maximum absolute atomic E-state index is 12.1. The van der Waals surface area contributed by atoms with Gasteiger partial charge >= 0.3 is 6.61 Å². The first-order valence-electron chi connectivity index (χ1n) is 7.26. The molecule has 1 N–H and O–H groups in total. The fourth-order valence-corrected chi connectivity index (χ4v) is 2.77. The van der Waals surface area contributed by atoms with Crippen LogP contribution in [0.5, 0.6) is 5.75 Å². The molecule has 5 heteroatoms. The molecule has 3 rings (SSSR count).